The van der Waals surface area contributed by atoms with Crippen molar-refractivity contribution in [2.24, 2.45) is 0 Å². The van der Waals surface area contributed by atoms with Gasteiger partial charge in [0, 0.05) is 12.7 Å². The Morgan fingerprint density at radius 1 is 1.00 bits per heavy atom. The third-order valence-corrected chi connectivity index (χ3v) is 4.54. The maximum absolute atomic E-state index is 12.2. The Morgan fingerprint density at radius 3 is 2.46 bits per heavy atom. The zero-order valence-electron chi connectivity index (χ0n) is 14.3. The van der Waals surface area contributed by atoms with Crippen molar-refractivity contribution in [1.82, 2.24) is 0 Å². The van der Waals surface area contributed by atoms with Gasteiger partial charge in [0.05, 0.1) is 11.3 Å². The molecule has 1 aliphatic heterocycles. The van der Waals surface area contributed by atoms with Gasteiger partial charge < -0.3 is 15.0 Å². The SMILES string of the molecule is Cc1ccc(N(C)c2c(-c3ccc4c(c3)OCC(=O)N4)c(=O)c2=O)cc1. The van der Waals surface area contributed by atoms with E-state index in [0.29, 0.717) is 28.3 Å². The minimum absolute atomic E-state index is 0.0709. The number of hydrogen-bond donors (Lipinski definition) is 1. The quantitative estimate of drug-likeness (QED) is 0.736. The molecule has 0 unspecified atom stereocenters. The van der Waals surface area contributed by atoms with E-state index in [1.54, 1.807) is 30.1 Å². The van der Waals surface area contributed by atoms with Crippen molar-refractivity contribution in [3.8, 4) is 16.9 Å². The number of benzene rings is 2. The van der Waals surface area contributed by atoms with Crippen LogP contribution in [0.15, 0.2) is 52.1 Å². The average Bonchev–Trinajstić information content (AvgIpc) is 2.65. The van der Waals surface area contributed by atoms with Gasteiger partial charge in [-0.2, -0.15) is 0 Å². The number of ether oxygens (including phenoxy) is 1. The van der Waals surface area contributed by atoms with Crippen LogP contribution in [0, 0.1) is 6.92 Å². The fraction of sp³-hybridized carbons (Fsp3) is 0.150. The van der Waals surface area contributed by atoms with Gasteiger partial charge in [-0.25, -0.2) is 0 Å². The molecule has 0 spiro atoms. The number of aryl methyl sites for hydroxylation is 1. The molecule has 6 heteroatoms. The molecule has 26 heavy (non-hydrogen) atoms. The molecule has 3 aromatic rings. The van der Waals surface area contributed by atoms with Crippen molar-refractivity contribution in [3.63, 3.8) is 0 Å². The molecule has 0 saturated carbocycles. The lowest BCUT2D eigenvalue weighted by molar-refractivity contribution is -0.118. The summed E-state index contributed by atoms with van der Waals surface area (Å²) in [5, 5.41) is 2.70. The first kappa shape index (κ1) is 16.1. The summed E-state index contributed by atoms with van der Waals surface area (Å²) in [7, 11) is 1.76. The molecular weight excluding hydrogens is 332 g/mol. The third-order valence-electron chi connectivity index (χ3n) is 4.54. The second-order valence-electron chi connectivity index (χ2n) is 6.32. The summed E-state index contributed by atoms with van der Waals surface area (Å²) in [4.78, 5) is 37.6. The van der Waals surface area contributed by atoms with E-state index in [4.69, 9.17) is 4.74 Å². The topological polar surface area (TPSA) is 75.7 Å². The molecule has 6 nitrogen and oxygen atoms in total. The van der Waals surface area contributed by atoms with Gasteiger partial charge in [0.2, 0.25) is 5.43 Å². The van der Waals surface area contributed by atoms with Gasteiger partial charge in [0.25, 0.3) is 11.3 Å². The Bertz CT molecular complexity index is 1090. The molecule has 130 valence electrons. The lowest BCUT2D eigenvalue weighted by Gasteiger charge is -2.24. The molecule has 3 aromatic carbocycles. The first-order chi connectivity index (χ1) is 12.5. The molecule has 1 heterocycles. The summed E-state index contributed by atoms with van der Waals surface area (Å²) in [5.41, 5.74) is 2.79. The summed E-state index contributed by atoms with van der Waals surface area (Å²) in [6.07, 6.45) is 0. The highest BCUT2D eigenvalue weighted by Gasteiger charge is 2.27. The van der Waals surface area contributed by atoms with Gasteiger partial charge in [0.1, 0.15) is 11.4 Å². The van der Waals surface area contributed by atoms with E-state index in [1.165, 1.54) is 0 Å². The highest BCUT2D eigenvalue weighted by molar-refractivity contribution is 5.96. The number of amides is 1. The summed E-state index contributed by atoms with van der Waals surface area (Å²) in [6.45, 7) is 1.91. The smallest absolute Gasteiger partial charge is 0.262 e. The van der Waals surface area contributed by atoms with Gasteiger partial charge in [0.15, 0.2) is 6.61 Å². The molecular formula is C20H16N2O4. The standard InChI is InChI=1S/C20H16N2O4/c1-11-3-6-13(7-4-11)22(2)18-17(19(24)20(18)25)12-5-8-14-15(9-12)26-10-16(23)21-14/h3-9H,10H2,1-2H3,(H,21,23). The van der Waals surface area contributed by atoms with E-state index in [0.717, 1.165) is 11.3 Å². The lowest BCUT2D eigenvalue weighted by atomic mass is 9.96. The summed E-state index contributed by atoms with van der Waals surface area (Å²) < 4.78 is 5.41. The molecule has 0 radical (unpaired) electrons. The highest BCUT2D eigenvalue weighted by atomic mass is 16.5. The van der Waals surface area contributed by atoms with E-state index >= 15 is 0 Å². The first-order valence-corrected chi connectivity index (χ1v) is 8.16. The van der Waals surface area contributed by atoms with Crippen LogP contribution >= 0.6 is 0 Å². The third kappa shape index (κ3) is 2.47. The molecule has 1 N–H and O–H groups in total. The van der Waals surface area contributed by atoms with Crippen molar-refractivity contribution in [2.45, 2.75) is 6.92 Å². The zero-order valence-corrected chi connectivity index (χ0v) is 14.3. The molecule has 0 atom stereocenters. The van der Waals surface area contributed by atoms with Crippen LogP contribution in [0.3, 0.4) is 0 Å². The summed E-state index contributed by atoms with van der Waals surface area (Å²) in [6, 6.07) is 12.8. The van der Waals surface area contributed by atoms with Crippen molar-refractivity contribution in [2.75, 3.05) is 23.9 Å². The molecule has 1 aliphatic rings. The van der Waals surface area contributed by atoms with E-state index in [9.17, 15) is 14.4 Å². The number of nitrogens with one attached hydrogen (secondary N) is 1. The van der Waals surface area contributed by atoms with Crippen molar-refractivity contribution in [1.29, 1.82) is 0 Å². The van der Waals surface area contributed by atoms with Crippen LogP contribution in [0.25, 0.3) is 11.1 Å². The van der Waals surface area contributed by atoms with E-state index < -0.39 is 10.9 Å². The Kier molecular flexibility index (Phi) is 3.61. The molecule has 0 aromatic heterocycles. The molecule has 0 fully saturated rings. The molecule has 0 bridgehead atoms. The van der Waals surface area contributed by atoms with Crippen LogP contribution < -0.4 is 25.8 Å². The van der Waals surface area contributed by atoms with E-state index in [-0.39, 0.29) is 12.5 Å². The predicted molar refractivity (Wildman–Crippen MR) is 100 cm³/mol. The van der Waals surface area contributed by atoms with Gasteiger partial charge in [-0.3, -0.25) is 14.4 Å². The van der Waals surface area contributed by atoms with E-state index in [2.05, 4.69) is 5.32 Å². The number of hydrogen-bond acceptors (Lipinski definition) is 5. The van der Waals surface area contributed by atoms with Crippen LogP contribution in [0.2, 0.25) is 0 Å². The summed E-state index contributed by atoms with van der Waals surface area (Å²) >= 11 is 0. The molecule has 0 saturated heterocycles. The largest absolute Gasteiger partial charge is 0.482 e. The van der Waals surface area contributed by atoms with Gasteiger partial charge in [-0.05, 0) is 36.8 Å². The lowest BCUT2D eigenvalue weighted by Crippen LogP contribution is -2.39. The second-order valence-corrected chi connectivity index (χ2v) is 6.32. The fourth-order valence-electron chi connectivity index (χ4n) is 3.10. The minimum atomic E-state index is -0.515. The van der Waals surface area contributed by atoms with Crippen molar-refractivity contribution < 1.29 is 9.53 Å². The maximum Gasteiger partial charge on any atom is 0.262 e. The molecule has 4 rings (SSSR count). The summed E-state index contributed by atoms with van der Waals surface area (Å²) in [5.74, 6) is 0.262. The number of anilines is 3. The van der Waals surface area contributed by atoms with Gasteiger partial charge >= 0.3 is 0 Å². The Labute approximate surface area is 149 Å². The van der Waals surface area contributed by atoms with Crippen molar-refractivity contribution >= 4 is 23.0 Å². The monoisotopic (exact) mass is 348 g/mol. The minimum Gasteiger partial charge on any atom is -0.482 e. The van der Waals surface area contributed by atoms with Gasteiger partial charge in [-0.15, -0.1) is 0 Å². The van der Waals surface area contributed by atoms with Crippen molar-refractivity contribution in [3.05, 3.63) is 68.5 Å². The number of nitrogens with zero attached hydrogens (tertiary/aromatic N) is 1. The number of rotatable bonds is 3. The molecule has 0 aliphatic carbocycles. The predicted octanol–water partition coefficient (Wildman–Crippen LogP) is 2.36. The fourth-order valence-corrected chi connectivity index (χ4v) is 3.10. The Balaban J connectivity index is 1.76. The van der Waals surface area contributed by atoms with Crippen LogP contribution in [0.5, 0.6) is 5.75 Å². The first-order valence-electron chi connectivity index (χ1n) is 8.16. The van der Waals surface area contributed by atoms with E-state index in [1.807, 2.05) is 31.2 Å². The second kappa shape index (κ2) is 5.84. The number of carbonyl (C=O) groups excluding carboxylic acids is 1. The van der Waals surface area contributed by atoms with Crippen LogP contribution in [-0.4, -0.2) is 19.6 Å². The zero-order chi connectivity index (χ0) is 18.4. The van der Waals surface area contributed by atoms with Gasteiger partial charge in [-0.1, -0.05) is 23.8 Å². The normalized spacial score (nSPS) is 13.1. The Morgan fingerprint density at radius 2 is 1.73 bits per heavy atom. The highest BCUT2D eigenvalue weighted by Crippen LogP contribution is 2.36. The number of fused-ring (bicyclic) bond motifs is 1. The van der Waals surface area contributed by atoms with Crippen LogP contribution in [0.1, 0.15) is 5.56 Å². The maximum atomic E-state index is 12.2. The molecule has 1 amide bonds. The average molecular weight is 348 g/mol. The van der Waals surface area contributed by atoms with Crippen LogP contribution in [0.4, 0.5) is 17.1 Å². The number of carbonyl (C=O) groups is 1. The Hall–Kier alpha value is -3.41. The van der Waals surface area contributed by atoms with Crippen LogP contribution in [-0.2, 0) is 4.79 Å².